The van der Waals surface area contributed by atoms with E-state index in [4.69, 9.17) is 23.2 Å². The van der Waals surface area contributed by atoms with Gasteiger partial charge in [0.1, 0.15) is 6.04 Å². The molecule has 2 rings (SSSR count). The molecule has 1 N–H and O–H groups in total. The SMILES string of the molecule is CNC(=O)[C@H](C)N(Cc1ccc(Cl)cc1)C(=O)CN(C)S(=O)(=O)c1ccc(Cl)cc1. The fourth-order valence-corrected chi connectivity index (χ4v) is 4.10. The zero-order chi connectivity index (χ0) is 22.5. The molecule has 0 heterocycles. The first kappa shape index (κ1) is 24.1. The summed E-state index contributed by atoms with van der Waals surface area (Å²) in [7, 11) is -1.12. The first-order valence-electron chi connectivity index (χ1n) is 9.03. The highest BCUT2D eigenvalue weighted by molar-refractivity contribution is 7.89. The van der Waals surface area contributed by atoms with Crippen molar-refractivity contribution in [2.24, 2.45) is 0 Å². The molecule has 30 heavy (non-hydrogen) atoms. The Morgan fingerprint density at radius 2 is 1.50 bits per heavy atom. The number of nitrogens with zero attached hydrogens (tertiary/aromatic N) is 2. The first-order valence-corrected chi connectivity index (χ1v) is 11.2. The van der Waals surface area contributed by atoms with E-state index >= 15 is 0 Å². The van der Waals surface area contributed by atoms with Crippen LogP contribution < -0.4 is 5.32 Å². The summed E-state index contributed by atoms with van der Waals surface area (Å²) in [6.07, 6.45) is 0. The zero-order valence-electron chi connectivity index (χ0n) is 16.8. The molecule has 0 radical (unpaired) electrons. The molecule has 0 aromatic heterocycles. The highest BCUT2D eigenvalue weighted by Gasteiger charge is 2.29. The van der Waals surface area contributed by atoms with Crippen LogP contribution in [0.4, 0.5) is 0 Å². The molecule has 1 atom stereocenters. The molecule has 0 spiro atoms. The Kier molecular flexibility index (Phi) is 8.25. The normalized spacial score (nSPS) is 12.5. The summed E-state index contributed by atoms with van der Waals surface area (Å²) in [5.41, 5.74) is 0.756. The quantitative estimate of drug-likeness (QED) is 0.640. The summed E-state index contributed by atoms with van der Waals surface area (Å²) in [5, 5.41) is 3.46. The minimum Gasteiger partial charge on any atom is -0.357 e. The van der Waals surface area contributed by atoms with Crippen LogP contribution in [0.5, 0.6) is 0 Å². The highest BCUT2D eigenvalue weighted by atomic mass is 35.5. The number of benzene rings is 2. The average molecular weight is 472 g/mol. The van der Waals surface area contributed by atoms with Gasteiger partial charge in [0.15, 0.2) is 0 Å². The van der Waals surface area contributed by atoms with Crippen molar-refractivity contribution >= 4 is 45.0 Å². The van der Waals surface area contributed by atoms with Gasteiger partial charge in [0.2, 0.25) is 21.8 Å². The van der Waals surface area contributed by atoms with Gasteiger partial charge in [0.25, 0.3) is 0 Å². The van der Waals surface area contributed by atoms with Crippen LogP contribution >= 0.6 is 23.2 Å². The third-order valence-corrected chi connectivity index (χ3v) is 6.88. The van der Waals surface area contributed by atoms with E-state index in [9.17, 15) is 18.0 Å². The number of amides is 2. The standard InChI is InChI=1S/C20H23Cl2N3O4S/c1-14(20(27)23-2)25(12-15-4-6-16(21)7-5-15)19(26)13-24(3)30(28,29)18-10-8-17(22)9-11-18/h4-11,14H,12-13H2,1-3H3,(H,23,27)/t14-/m0/s1. The maximum Gasteiger partial charge on any atom is 0.243 e. The van der Waals surface area contributed by atoms with Crippen molar-refractivity contribution < 1.29 is 18.0 Å². The molecule has 0 saturated carbocycles. The van der Waals surface area contributed by atoms with Gasteiger partial charge in [0, 0.05) is 30.7 Å². The molecule has 2 aromatic rings. The van der Waals surface area contributed by atoms with Gasteiger partial charge in [0.05, 0.1) is 11.4 Å². The van der Waals surface area contributed by atoms with E-state index in [0.717, 1.165) is 9.87 Å². The van der Waals surface area contributed by atoms with Crippen molar-refractivity contribution in [1.82, 2.24) is 14.5 Å². The second kappa shape index (κ2) is 10.3. The monoisotopic (exact) mass is 471 g/mol. The molecule has 0 aliphatic carbocycles. The van der Waals surface area contributed by atoms with Crippen molar-refractivity contribution in [3.8, 4) is 0 Å². The third kappa shape index (κ3) is 5.95. The lowest BCUT2D eigenvalue weighted by Crippen LogP contribution is -2.50. The first-order chi connectivity index (χ1) is 14.1. The number of halogens is 2. The van der Waals surface area contributed by atoms with Crippen molar-refractivity contribution in [1.29, 1.82) is 0 Å². The number of likely N-dealkylation sites (N-methyl/N-ethyl adjacent to an activating group) is 2. The van der Waals surface area contributed by atoms with Crippen LogP contribution in [-0.2, 0) is 26.2 Å². The third-order valence-electron chi connectivity index (χ3n) is 4.56. The number of hydrogen-bond donors (Lipinski definition) is 1. The van der Waals surface area contributed by atoms with E-state index in [2.05, 4.69) is 5.32 Å². The molecule has 0 saturated heterocycles. The fourth-order valence-electron chi connectivity index (χ4n) is 2.73. The number of carbonyl (C=O) groups is 2. The maximum atomic E-state index is 13.0. The molecule has 7 nitrogen and oxygen atoms in total. The predicted molar refractivity (Wildman–Crippen MR) is 117 cm³/mol. The topological polar surface area (TPSA) is 86.8 Å². The lowest BCUT2D eigenvalue weighted by atomic mass is 10.1. The predicted octanol–water partition coefficient (Wildman–Crippen LogP) is 2.78. The summed E-state index contributed by atoms with van der Waals surface area (Å²) in [5.74, 6) is -0.874. The molecular formula is C20H23Cl2N3O4S. The molecular weight excluding hydrogens is 449 g/mol. The average Bonchev–Trinajstić information content (AvgIpc) is 2.72. The number of nitrogens with one attached hydrogen (secondary N) is 1. The van der Waals surface area contributed by atoms with Gasteiger partial charge >= 0.3 is 0 Å². The van der Waals surface area contributed by atoms with Gasteiger partial charge in [-0.2, -0.15) is 4.31 Å². The van der Waals surface area contributed by atoms with Crippen molar-refractivity contribution in [2.75, 3.05) is 20.6 Å². The lowest BCUT2D eigenvalue weighted by molar-refractivity contribution is -0.140. The van der Waals surface area contributed by atoms with E-state index in [1.165, 1.54) is 43.3 Å². The van der Waals surface area contributed by atoms with E-state index in [-0.39, 0.29) is 17.3 Å². The van der Waals surface area contributed by atoms with Crippen LogP contribution in [0.15, 0.2) is 53.4 Å². The number of hydrogen-bond acceptors (Lipinski definition) is 4. The Morgan fingerprint density at radius 3 is 2.00 bits per heavy atom. The highest BCUT2D eigenvalue weighted by Crippen LogP contribution is 2.19. The van der Waals surface area contributed by atoms with Crippen LogP contribution in [0.25, 0.3) is 0 Å². The van der Waals surface area contributed by atoms with E-state index in [1.54, 1.807) is 31.2 Å². The summed E-state index contributed by atoms with van der Waals surface area (Å²) >= 11 is 11.7. The Bertz CT molecular complexity index is 996. The van der Waals surface area contributed by atoms with Gasteiger partial charge in [-0.25, -0.2) is 8.42 Å². The fraction of sp³-hybridized carbons (Fsp3) is 0.300. The minimum absolute atomic E-state index is 0.0193. The van der Waals surface area contributed by atoms with Crippen LogP contribution in [0.3, 0.4) is 0 Å². The molecule has 2 aromatic carbocycles. The van der Waals surface area contributed by atoms with E-state index in [1.807, 2.05) is 0 Å². The molecule has 0 fully saturated rings. The van der Waals surface area contributed by atoms with Crippen LogP contribution in [0.1, 0.15) is 12.5 Å². The molecule has 10 heteroatoms. The summed E-state index contributed by atoms with van der Waals surface area (Å²) in [6, 6.07) is 11.7. The number of rotatable bonds is 8. The molecule has 162 valence electrons. The van der Waals surface area contributed by atoms with Crippen LogP contribution in [-0.4, -0.2) is 56.1 Å². The lowest BCUT2D eigenvalue weighted by Gasteiger charge is -2.30. The van der Waals surface area contributed by atoms with Crippen molar-refractivity contribution in [2.45, 2.75) is 24.4 Å². The van der Waals surface area contributed by atoms with Gasteiger partial charge in [-0.3, -0.25) is 9.59 Å². The molecule has 2 amide bonds. The molecule has 0 aliphatic heterocycles. The summed E-state index contributed by atoms with van der Waals surface area (Å²) in [6.45, 7) is 1.28. The largest absolute Gasteiger partial charge is 0.357 e. The van der Waals surface area contributed by atoms with Gasteiger partial charge in [-0.05, 0) is 48.9 Å². The van der Waals surface area contributed by atoms with Gasteiger partial charge < -0.3 is 10.2 Å². The Labute approximate surface area is 186 Å². The number of carbonyl (C=O) groups excluding carboxylic acids is 2. The Balaban J connectivity index is 2.24. The second-order valence-corrected chi connectivity index (χ2v) is 9.57. The Morgan fingerprint density at radius 1 is 1.00 bits per heavy atom. The Hall–Kier alpha value is -2.13. The van der Waals surface area contributed by atoms with E-state index < -0.39 is 28.5 Å². The molecule has 0 aliphatic rings. The molecule has 0 unspecified atom stereocenters. The van der Waals surface area contributed by atoms with Gasteiger partial charge in [-0.1, -0.05) is 35.3 Å². The van der Waals surface area contributed by atoms with Crippen LogP contribution in [0, 0.1) is 0 Å². The van der Waals surface area contributed by atoms with Gasteiger partial charge in [-0.15, -0.1) is 0 Å². The maximum absolute atomic E-state index is 13.0. The van der Waals surface area contributed by atoms with Crippen molar-refractivity contribution in [3.63, 3.8) is 0 Å². The smallest absolute Gasteiger partial charge is 0.243 e. The summed E-state index contributed by atoms with van der Waals surface area (Å²) in [4.78, 5) is 26.5. The molecule has 0 bridgehead atoms. The summed E-state index contributed by atoms with van der Waals surface area (Å²) < 4.78 is 26.5. The van der Waals surface area contributed by atoms with Crippen LogP contribution in [0.2, 0.25) is 10.0 Å². The zero-order valence-corrected chi connectivity index (χ0v) is 19.1. The van der Waals surface area contributed by atoms with E-state index in [0.29, 0.717) is 10.0 Å². The second-order valence-electron chi connectivity index (χ2n) is 6.65. The minimum atomic E-state index is -3.91. The number of sulfonamides is 1. The van der Waals surface area contributed by atoms with Crippen molar-refractivity contribution in [3.05, 3.63) is 64.1 Å².